The van der Waals surface area contributed by atoms with Gasteiger partial charge in [-0.2, -0.15) is 0 Å². The molecule has 4 unspecified atom stereocenters. The predicted octanol–water partition coefficient (Wildman–Crippen LogP) is 1.61. The van der Waals surface area contributed by atoms with E-state index in [1.807, 2.05) is 0 Å². The number of fused-ring (bicyclic) bond motifs is 1. The molecule has 4 atom stereocenters. The minimum absolute atomic E-state index is 0.0727. The predicted molar refractivity (Wildman–Crippen MR) is 109 cm³/mol. The zero-order valence-electron chi connectivity index (χ0n) is 16.6. The number of imide groups is 1. The van der Waals surface area contributed by atoms with Gasteiger partial charge in [0.2, 0.25) is 11.8 Å². The molecule has 3 N–H and O–H groups in total. The Labute approximate surface area is 173 Å². The van der Waals surface area contributed by atoms with Gasteiger partial charge in [-0.05, 0) is 24.6 Å². The van der Waals surface area contributed by atoms with Crippen LogP contribution in [0, 0.1) is 11.7 Å². The summed E-state index contributed by atoms with van der Waals surface area (Å²) in [5.41, 5.74) is 0.384. The van der Waals surface area contributed by atoms with E-state index in [1.165, 1.54) is 41.9 Å². The number of hydrogen-bond acceptors (Lipinski definition) is 6. The third-order valence-electron chi connectivity index (χ3n) is 5.11. The SMILES string of the molecule is CCCC1NC(SCC(=O)Nc2cccc(F)c2)C2C(=O)N(C)C(=O)N(C)C2N1. The van der Waals surface area contributed by atoms with Crippen molar-refractivity contribution in [3.8, 4) is 0 Å². The van der Waals surface area contributed by atoms with E-state index in [4.69, 9.17) is 0 Å². The van der Waals surface area contributed by atoms with Crippen LogP contribution in [0.5, 0.6) is 0 Å². The van der Waals surface area contributed by atoms with E-state index in [-0.39, 0.29) is 35.1 Å². The Hall–Kier alpha value is -2.17. The summed E-state index contributed by atoms with van der Waals surface area (Å²) in [5, 5.41) is 9.05. The molecule has 158 valence electrons. The fraction of sp³-hybridized carbons (Fsp3) is 0.526. The van der Waals surface area contributed by atoms with Gasteiger partial charge in [-0.15, -0.1) is 11.8 Å². The second-order valence-electron chi connectivity index (χ2n) is 7.23. The first kappa shape index (κ1) is 21.5. The minimum Gasteiger partial charge on any atom is -0.325 e. The lowest BCUT2D eigenvalue weighted by Crippen LogP contribution is -2.74. The van der Waals surface area contributed by atoms with Crippen molar-refractivity contribution < 1.29 is 18.8 Å². The first-order valence-electron chi connectivity index (χ1n) is 9.55. The number of benzene rings is 1. The second-order valence-corrected chi connectivity index (χ2v) is 8.36. The molecule has 8 nitrogen and oxygen atoms in total. The van der Waals surface area contributed by atoms with Gasteiger partial charge in [0, 0.05) is 19.8 Å². The Morgan fingerprint density at radius 2 is 2.03 bits per heavy atom. The molecular formula is C19H26FN5O3S. The first-order chi connectivity index (χ1) is 13.8. The Kier molecular flexibility index (Phi) is 6.76. The molecule has 2 heterocycles. The van der Waals surface area contributed by atoms with Crippen LogP contribution in [0.3, 0.4) is 0 Å². The number of halogens is 1. The van der Waals surface area contributed by atoms with Crippen molar-refractivity contribution in [2.45, 2.75) is 37.5 Å². The van der Waals surface area contributed by atoms with Crippen molar-refractivity contribution in [1.82, 2.24) is 20.4 Å². The van der Waals surface area contributed by atoms with Crippen molar-refractivity contribution >= 4 is 35.3 Å². The number of urea groups is 1. The average molecular weight is 424 g/mol. The highest BCUT2D eigenvalue weighted by Gasteiger charge is 2.50. The topological polar surface area (TPSA) is 93.8 Å². The molecule has 2 aliphatic rings. The molecule has 4 amide bonds. The third kappa shape index (κ3) is 4.71. The molecule has 29 heavy (non-hydrogen) atoms. The summed E-state index contributed by atoms with van der Waals surface area (Å²) in [6.45, 7) is 2.05. The van der Waals surface area contributed by atoms with Gasteiger partial charge in [0.1, 0.15) is 5.82 Å². The van der Waals surface area contributed by atoms with Gasteiger partial charge in [0.25, 0.3) is 0 Å². The number of anilines is 1. The summed E-state index contributed by atoms with van der Waals surface area (Å²) in [4.78, 5) is 40.1. The van der Waals surface area contributed by atoms with Crippen LogP contribution in [0.25, 0.3) is 0 Å². The number of carbonyl (C=O) groups is 3. The lowest BCUT2D eigenvalue weighted by Gasteiger charge is -2.50. The first-order valence-corrected chi connectivity index (χ1v) is 10.6. The van der Waals surface area contributed by atoms with Gasteiger partial charge < -0.3 is 10.2 Å². The van der Waals surface area contributed by atoms with Gasteiger partial charge in [-0.3, -0.25) is 25.1 Å². The molecule has 1 aromatic rings. The molecule has 0 radical (unpaired) electrons. The Balaban J connectivity index is 1.70. The molecular weight excluding hydrogens is 397 g/mol. The van der Waals surface area contributed by atoms with E-state index in [1.54, 1.807) is 13.1 Å². The van der Waals surface area contributed by atoms with Gasteiger partial charge in [0.05, 0.1) is 29.4 Å². The Morgan fingerprint density at radius 3 is 2.72 bits per heavy atom. The fourth-order valence-corrected chi connectivity index (χ4v) is 4.79. The molecule has 0 spiro atoms. The molecule has 10 heteroatoms. The quantitative estimate of drug-likeness (QED) is 0.644. The molecule has 0 aromatic heterocycles. The normalized spacial score (nSPS) is 27.0. The Morgan fingerprint density at radius 1 is 1.28 bits per heavy atom. The smallest absolute Gasteiger partial charge is 0.325 e. The van der Waals surface area contributed by atoms with Crippen LogP contribution in [0.4, 0.5) is 14.9 Å². The summed E-state index contributed by atoms with van der Waals surface area (Å²) >= 11 is 1.31. The van der Waals surface area contributed by atoms with Gasteiger partial charge in [0.15, 0.2) is 0 Å². The number of nitrogens with zero attached hydrogens (tertiary/aromatic N) is 2. The standard InChI is InChI=1S/C19H26FN5O3S/c1-4-6-13-22-16-15(18(27)25(3)19(28)24(16)2)17(23-13)29-10-14(26)21-12-8-5-7-11(20)9-12/h5,7-9,13,15-17,22-23H,4,6,10H2,1-3H3,(H,21,26). The van der Waals surface area contributed by atoms with Crippen LogP contribution in [-0.4, -0.2) is 65.2 Å². The van der Waals surface area contributed by atoms with E-state index in [9.17, 15) is 18.8 Å². The molecule has 0 aliphatic carbocycles. The van der Waals surface area contributed by atoms with Crippen LogP contribution in [0.2, 0.25) is 0 Å². The summed E-state index contributed by atoms with van der Waals surface area (Å²) in [6, 6.07) is 5.34. The number of amides is 4. The monoisotopic (exact) mass is 423 g/mol. The third-order valence-corrected chi connectivity index (χ3v) is 6.32. The van der Waals surface area contributed by atoms with Gasteiger partial charge in [-0.1, -0.05) is 19.4 Å². The average Bonchev–Trinajstić information content (AvgIpc) is 2.69. The number of nitrogens with one attached hydrogen (secondary N) is 3. The van der Waals surface area contributed by atoms with E-state index in [0.717, 1.165) is 17.7 Å². The Bertz CT molecular complexity index is 795. The van der Waals surface area contributed by atoms with E-state index in [0.29, 0.717) is 5.69 Å². The molecule has 2 aliphatic heterocycles. The van der Waals surface area contributed by atoms with Crippen molar-refractivity contribution in [3.05, 3.63) is 30.1 Å². The van der Waals surface area contributed by atoms with Crippen molar-refractivity contribution in [2.24, 2.45) is 5.92 Å². The maximum atomic E-state index is 13.3. The largest absolute Gasteiger partial charge is 0.327 e. The van der Waals surface area contributed by atoms with Gasteiger partial charge in [-0.25, -0.2) is 9.18 Å². The molecule has 1 aromatic carbocycles. The lowest BCUT2D eigenvalue weighted by atomic mass is 9.96. The number of thioether (sulfide) groups is 1. The van der Waals surface area contributed by atoms with Crippen molar-refractivity contribution in [1.29, 1.82) is 0 Å². The van der Waals surface area contributed by atoms with Crippen LogP contribution in [0.15, 0.2) is 24.3 Å². The van der Waals surface area contributed by atoms with Gasteiger partial charge >= 0.3 is 6.03 Å². The summed E-state index contributed by atoms with van der Waals surface area (Å²) in [7, 11) is 3.14. The minimum atomic E-state index is -0.525. The molecule has 0 bridgehead atoms. The molecule has 3 rings (SSSR count). The van der Waals surface area contributed by atoms with Crippen LogP contribution < -0.4 is 16.0 Å². The van der Waals surface area contributed by atoms with Crippen molar-refractivity contribution in [3.63, 3.8) is 0 Å². The lowest BCUT2D eigenvalue weighted by molar-refractivity contribution is -0.140. The maximum absolute atomic E-state index is 13.3. The van der Waals surface area contributed by atoms with E-state index < -0.39 is 17.9 Å². The van der Waals surface area contributed by atoms with E-state index in [2.05, 4.69) is 22.9 Å². The van der Waals surface area contributed by atoms with Crippen LogP contribution in [-0.2, 0) is 9.59 Å². The fourth-order valence-electron chi connectivity index (χ4n) is 3.65. The van der Waals surface area contributed by atoms with Crippen LogP contribution >= 0.6 is 11.8 Å². The highest BCUT2D eigenvalue weighted by Crippen LogP contribution is 2.31. The summed E-state index contributed by atoms with van der Waals surface area (Å²) in [5.74, 6) is -1.43. The second kappa shape index (κ2) is 9.10. The molecule has 2 saturated heterocycles. The molecule has 2 fully saturated rings. The zero-order valence-corrected chi connectivity index (χ0v) is 17.5. The molecule has 0 saturated carbocycles. The van der Waals surface area contributed by atoms with Crippen molar-refractivity contribution in [2.75, 3.05) is 25.2 Å². The van der Waals surface area contributed by atoms with Crippen LogP contribution in [0.1, 0.15) is 19.8 Å². The highest BCUT2D eigenvalue weighted by atomic mass is 32.2. The number of rotatable bonds is 6. The van der Waals surface area contributed by atoms with E-state index >= 15 is 0 Å². The summed E-state index contributed by atoms with van der Waals surface area (Å²) < 4.78 is 13.3. The highest BCUT2D eigenvalue weighted by molar-refractivity contribution is 8.00. The zero-order chi connectivity index (χ0) is 21.1. The number of hydrogen-bond donors (Lipinski definition) is 3. The maximum Gasteiger partial charge on any atom is 0.327 e. The summed E-state index contributed by atoms with van der Waals surface area (Å²) in [6.07, 6.45) is 1.23. The number of carbonyl (C=O) groups excluding carboxylic acids is 3.